The molecule has 0 aromatic heterocycles. The lowest BCUT2D eigenvalue weighted by atomic mass is 9.90. The van der Waals surface area contributed by atoms with Crippen molar-refractivity contribution in [3.05, 3.63) is 75.4 Å². The third-order valence-corrected chi connectivity index (χ3v) is 6.61. The Kier molecular flexibility index (Phi) is 9.31. The van der Waals surface area contributed by atoms with E-state index in [-0.39, 0.29) is 56.7 Å². The van der Waals surface area contributed by atoms with Crippen LogP contribution in [0.25, 0.3) is 33.4 Å². The molecule has 0 saturated carbocycles. The number of carboxylic acids is 5. The van der Waals surface area contributed by atoms with E-state index in [1.165, 1.54) is 24.3 Å². The first-order chi connectivity index (χ1) is 21.2. The lowest BCUT2D eigenvalue weighted by Crippen LogP contribution is -2.35. The lowest BCUT2D eigenvalue weighted by molar-refractivity contribution is -0.144. The zero-order chi connectivity index (χ0) is 33.0. The van der Waals surface area contributed by atoms with E-state index < -0.39 is 73.7 Å². The number of aliphatic carboxylic acids is 4. The summed E-state index contributed by atoms with van der Waals surface area (Å²) in [5.41, 5.74) is -0.614. The van der Waals surface area contributed by atoms with E-state index in [0.717, 1.165) is 21.9 Å². The minimum absolute atomic E-state index is 0.0158. The number of benzene rings is 2. The van der Waals surface area contributed by atoms with Crippen LogP contribution >= 0.6 is 0 Å². The average molecular weight is 621 g/mol. The molecule has 0 spiro atoms. The lowest BCUT2D eigenvalue weighted by Gasteiger charge is -2.21. The van der Waals surface area contributed by atoms with Crippen molar-refractivity contribution >= 4 is 40.8 Å². The summed E-state index contributed by atoms with van der Waals surface area (Å²) in [6.07, 6.45) is 0. The predicted octanol–water partition coefficient (Wildman–Crippen LogP) is 1.51. The van der Waals surface area contributed by atoms with Crippen molar-refractivity contribution in [3.63, 3.8) is 0 Å². The molecule has 15 nitrogen and oxygen atoms in total. The number of hydrogen-bond donors (Lipinski definition) is 6. The van der Waals surface area contributed by atoms with E-state index in [2.05, 4.69) is 12.1 Å². The number of carbonyl (C=O) groups is 5. The van der Waals surface area contributed by atoms with Gasteiger partial charge in [-0.2, -0.15) is 0 Å². The second kappa shape index (κ2) is 13.1. The highest BCUT2D eigenvalue weighted by molar-refractivity contribution is 6.07. The van der Waals surface area contributed by atoms with Crippen molar-refractivity contribution in [1.82, 2.24) is 9.80 Å². The zero-order valence-electron chi connectivity index (χ0n) is 23.1. The Labute approximate surface area is 252 Å². The molecule has 4 rings (SSSR count). The van der Waals surface area contributed by atoms with E-state index >= 15 is 0 Å². The van der Waals surface area contributed by atoms with Crippen LogP contribution in [0.3, 0.4) is 0 Å². The Balaban J connectivity index is 2.02. The van der Waals surface area contributed by atoms with Crippen LogP contribution in [-0.4, -0.2) is 96.5 Å². The molecule has 2 aliphatic rings. The molecule has 0 radical (unpaired) electrons. The summed E-state index contributed by atoms with van der Waals surface area (Å²) in [6.45, 7) is -3.51. The van der Waals surface area contributed by atoms with E-state index in [1.807, 2.05) is 0 Å². The molecule has 15 heteroatoms. The fourth-order valence-electron chi connectivity index (χ4n) is 4.91. The molecule has 1 heterocycles. The van der Waals surface area contributed by atoms with Crippen LogP contribution in [0, 0.1) is 12.1 Å². The van der Waals surface area contributed by atoms with Crippen molar-refractivity contribution in [2.45, 2.75) is 13.1 Å². The van der Waals surface area contributed by atoms with E-state index in [1.54, 1.807) is 0 Å². The van der Waals surface area contributed by atoms with E-state index in [9.17, 15) is 59.4 Å². The Morgan fingerprint density at radius 2 is 1.31 bits per heavy atom. The summed E-state index contributed by atoms with van der Waals surface area (Å²) in [5.74, 6) is -7.12. The molecule has 0 bridgehead atoms. The fourth-order valence-corrected chi connectivity index (χ4v) is 4.91. The van der Waals surface area contributed by atoms with Gasteiger partial charge in [0.05, 0.1) is 31.7 Å². The molecule has 2 aromatic carbocycles. The highest BCUT2D eigenvalue weighted by Gasteiger charge is 2.26. The van der Waals surface area contributed by atoms with Gasteiger partial charge >= 0.3 is 29.8 Å². The van der Waals surface area contributed by atoms with Gasteiger partial charge in [0.2, 0.25) is 0 Å². The zero-order valence-corrected chi connectivity index (χ0v) is 23.1. The Morgan fingerprint density at radius 3 is 1.84 bits per heavy atom. The number of phenols is 1. The third-order valence-electron chi connectivity index (χ3n) is 6.61. The molecule has 0 unspecified atom stereocenters. The van der Waals surface area contributed by atoms with Gasteiger partial charge < -0.3 is 35.1 Å². The van der Waals surface area contributed by atoms with E-state index in [4.69, 9.17) is 4.42 Å². The van der Waals surface area contributed by atoms with Gasteiger partial charge in [-0.05, 0) is 24.3 Å². The van der Waals surface area contributed by atoms with Crippen LogP contribution < -0.4 is 5.43 Å². The van der Waals surface area contributed by atoms with Crippen molar-refractivity contribution in [2.24, 2.45) is 0 Å². The normalized spacial score (nSPS) is 11.2. The number of nitrogens with zero attached hydrogens (tertiary/aromatic N) is 2. The summed E-state index contributed by atoms with van der Waals surface area (Å²) in [5, 5.41) is 57.9. The quantitative estimate of drug-likeness (QED) is 0.109. The van der Waals surface area contributed by atoms with Crippen LogP contribution in [0.15, 0.2) is 45.6 Å². The molecule has 0 amide bonds. The maximum Gasteiger partial charge on any atom is 0.337 e. The second-order valence-electron chi connectivity index (χ2n) is 9.97. The highest BCUT2D eigenvalue weighted by Crippen LogP contribution is 2.42. The molecule has 0 atom stereocenters. The molecular weight excluding hydrogens is 596 g/mol. The number of rotatable bonds is 14. The number of aromatic hydroxyl groups is 1. The first kappa shape index (κ1) is 31.9. The molecule has 45 heavy (non-hydrogen) atoms. The summed E-state index contributed by atoms with van der Waals surface area (Å²) in [4.78, 5) is 72.7. The van der Waals surface area contributed by atoms with Crippen molar-refractivity contribution in [1.29, 1.82) is 0 Å². The number of aromatic carboxylic acids is 1. The van der Waals surface area contributed by atoms with Crippen molar-refractivity contribution < 1.29 is 59.0 Å². The maximum absolute atomic E-state index is 13.1. The van der Waals surface area contributed by atoms with Crippen molar-refractivity contribution in [3.8, 4) is 28.2 Å². The minimum atomic E-state index is -1.35. The summed E-state index contributed by atoms with van der Waals surface area (Å²) >= 11 is 0. The first-order valence-electron chi connectivity index (χ1n) is 13.0. The number of fused-ring (bicyclic) bond motifs is 2. The Hall–Kier alpha value is -5.98. The molecule has 0 fully saturated rings. The number of carboxylic acid groups (broad SMARTS) is 5. The topological polar surface area (TPSA) is 243 Å². The molecule has 1 aliphatic heterocycles. The fraction of sp³-hybridized carbons (Fsp3) is 0.200. The van der Waals surface area contributed by atoms with Crippen LogP contribution in [0.1, 0.15) is 21.5 Å². The smallest absolute Gasteiger partial charge is 0.337 e. The Morgan fingerprint density at radius 1 is 0.756 bits per heavy atom. The van der Waals surface area contributed by atoms with Gasteiger partial charge in [-0.3, -0.25) is 33.8 Å². The Bertz CT molecular complexity index is 1830. The predicted molar refractivity (Wildman–Crippen MR) is 152 cm³/mol. The van der Waals surface area contributed by atoms with E-state index in [0.29, 0.717) is 0 Å². The molecule has 0 saturated heterocycles. The summed E-state index contributed by atoms with van der Waals surface area (Å²) < 4.78 is 5.91. The van der Waals surface area contributed by atoms with Crippen molar-refractivity contribution in [2.75, 3.05) is 26.2 Å². The second-order valence-corrected chi connectivity index (χ2v) is 9.97. The minimum Gasteiger partial charge on any atom is -0.507 e. The highest BCUT2D eigenvalue weighted by atomic mass is 16.4. The van der Waals surface area contributed by atoms with Crippen LogP contribution in [0.4, 0.5) is 0 Å². The van der Waals surface area contributed by atoms with Gasteiger partial charge in [0, 0.05) is 58.4 Å². The monoisotopic (exact) mass is 620 g/mol. The SMILES string of the molecule is O=C(O)CN(CC(=O)O)Cc1cc2c(-c3c#cccc3C(=O)O)c3cc(CN(CC(=O)O)CC(=O)O)c(=O)cc-3oc2cc1O. The summed E-state index contributed by atoms with van der Waals surface area (Å²) in [6, 6.07) is 12.9. The third kappa shape index (κ3) is 7.51. The molecule has 232 valence electrons. The van der Waals surface area contributed by atoms with Gasteiger partial charge in [-0.25, -0.2) is 4.79 Å². The van der Waals surface area contributed by atoms with Crippen LogP contribution in [0.2, 0.25) is 0 Å². The molecule has 2 aromatic rings. The van der Waals surface area contributed by atoms with Gasteiger partial charge in [0.1, 0.15) is 17.1 Å². The maximum atomic E-state index is 13.1. The van der Waals surface area contributed by atoms with Gasteiger partial charge in [0.15, 0.2) is 5.43 Å². The molecule has 1 aliphatic carbocycles. The van der Waals surface area contributed by atoms with Gasteiger partial charge in [0.25, 0.3) is 0 Å². The number of hydrogen-bond acceptors (Lipinski definition) is 10. The molecule has 6 N–H and O–H groups in total. The van der Waals surface area contributed by atoms with Crippen LogP contribution in [-0.2, 0) is 32.3 Å². The van der Waals surface area contributed by atoms with Crippen LogP contribution in [0.5, 0.6) is 5.75 Å². The largest absolute Gasteiger partial charge is 0.507 e. The molecular formula is C30H24N2O13. The van der Waals surface area contributed by atoms with Gasteiger partial charge in [-0.1, -0.05) is 12.1 Å². The van der Waals surface area contributed by atoms with Gasteiger partial charge in [-0.15, -0.1) is 0 Å². The number of phenolic OH excluding ortho intramolecular Hbond substituents is 1. The standard InChI is InChI=1S/C30H24N2O13/c33-21-7-23-19(5-15(21)9-31(11-25(35)36)12-26(37)38)29(17-3-1-2-4-18(17)30(43)44)20-6-16(22(34)8-24(20)45-23)10-32(13-27(39)40)14-28(41)42/h2,4-8,33H,9-14H2,(H,35,36)(H,37,38)(H,39,40)(H,41,42)(H,43,44). The average Bonchev–Trinajstić information content (AvgIpc) is 2.91. The first-order valence-corrected chi connectivity index (χ1v) is 13.0. The summed E-state index contributed by atoms with van der Waals surface area (Å²) in [7, 11) is 0.